The summed E-state index contributed by atoms with van der Waals surface area (Å²) in [6.07, 6.45) is 3.18. The van der Waals surface area contributed by atoms with Crippen LogP contribution >= 0.6 is 23.4 Å². The molecule has 1 saturated heterocycles. The lowest BCUT2D eigenvalue weighted by Crippen LogP contribution is -2.30. The molecule has 2 fully saturated rings. The number of carbonyl (C=O) groups is 1. The third kappa shape index (κ3) is 2.52. The maximum atomic E-state index is 12.3. The molecule has 2 aliphatic rings. The van der Waals surface area contributed by atoms with Crippen molar-refractivity contribution in [3.8, 4) is 0 Å². The summed E-state index contributed by atoms with van der Waals surface area (Å²) in [5, 5.41) is 0.881. The predicted octanol–water partition coefficient (Wildman–Crippen LogP) is 3.71. The maximum absolute atomic E-state index is 12.3. The summed E-state index contributed by atoms with van der Waals surface area (Å²) in [7, 11) is 0. The lowest BCUT2D eigenvalue weighted by molar-refractivity contribution is -0.131. The average molecular weight is 282 g/mol. The summed E-state index contributed by atoms with van der Waals surface area (Å²) >= 11 is 8.06. The molecule has 1 atom stereocenters. The minimum atomic E-state index is 0.116. The van der Waals surface area contributed by atoms with E-state index in [9.17, 15) is 4.79 Å². The van der Waals surface area contributed by atoms with Gasteiger partial charge in [-0.25, -0.2) is 0 Å². The van der Waals surface area contributed by atoms with E-state index >= 15 is 0 Å². The van der Waals surface area contributed by atoms with Crippen molar-refractivity contribution in [2.45, 2.75) is 24.6 Å². The standard InChI is InChI=1S/C14H16ClNOS/c15-12-4-2-1-3-11(12)14-16(7-8-18-14)13(17)9-10-5-6-10/h1-4,10,14H,5-9H2. The third-order valence-electron chi connectivity index (χ3n) is 3.54. The Morgan fingerprint density at radius 2 is 2.17 bits per heavy atom. The molecule has 4 heteroatoms. The second kappa shape index (κ2) is 5.14. The topological polar surface area (TPSA) is 20.3 Å². The average Bonchev–Trinajstić information content (AvgIpc) is 3.04. The van der Waals surface area contributed by atoms with Gasteiger partial charge in [0, 0.05) is 29.3 Å². The number of rotatable bonds is 3. The van der Waals surface area contributed by atoms with E-state index in [-0.39, 0.29) is 5.37 Å². The highest BCUT2D eigenvalue weighted by atomic mass is 35.5. The van der Waals surface area contributed by atoms with E-state index in [4.69, 9.17) is 11.6 Å². The van der Waals surface area contributed by atoms with Gasteiger partial charge in [-0.2, -0.15) is 0 Å². The highest BCUT2D eigenvalue weighted by Crippen LogP contribution is 2.42. The second-order valence-corrected chi connectivity index (χ2v) is 6.57. The molecule has 1 aliphatic carbocycles. The van der Waals surface area contributed by atoms with E-state index < -0.39 is 0 Å². The van der Waals surface area contributed by atoms with E-state index in [2.05, 4.69) is 0 Å². The number of halogens is 1. The molecule has 0 bridgehead atoms. The van der Waals surface area contributed by atoms with Gasteiger partial charge in [-0.05, 0) is 24.8 Å². The maximum Gasteiger partial charge on any atom is 0.224 e. The van der Waals surface area contributed by atoms with Crippen LogP contribution in [-0.2, 0) is 4.79 Å². The molecule has 1 aromatic rings. The molecular weight excluding hydrogens is 266 g/mol. The van der Waals surface area contributed by atoms with Gasteiger partial charge in [-0.3, -0.25) is 4.79 Å². The number of carbonyl (C=O) groups excluding carboxylic acids is 1. The lowest BCUT2D eigenvalue weighted by Gasteiger charge is -2.24. The highest BCUT2D eigenvalue weighted by molar-refractivity contribution is 7.99. The van der Waals surface area contributed by atoms with Gasteiger partial charge in [0.1, 0.15) is 5.37 Å². The third-order valence-corrected chi connectivity index (χ3v) is 5.13. The Kier molecular flexibility index (Phi) is 3.53. The predicted molar refractivity (Wildman–Crippen MR) is 75.7 cm³/mol. The second-order valence-electron chi connectivity index (χ2n) is 4.98. The number of thioether (sulfide) groups is 1. The summed E-state index contributed by atoms with van der Waals surface area (Å²) in [4.78, 5) is 14.3. The highest BCUT2D eigenvalue weighted by Gasteiger charge is 2.34. The Hall–Kier alpha value is -0.670. The van der Waals surface area contributed by atoms with Crippen LogP contribution in [0.25, 0.3) is 0 Å². The first-order valence-corrected chi connectivity index (χ1v) is 7.84. The van der Waals surface area contributed by atoms with Crippen LogP contribution in [0.4, 0.5) is 0 Å². The van der Waals surface area contributed by atoms with E-state index in [0.717, 1.165) is 29.3 Å². The molecule has 0 N–H and O–H groups in total. The van der Waals surface area contributed by atoms with Gasteiger partial charge >= 0.3 is 0 Å². The number of nitrogens with zero attached hydrogens (tertiary/aromatic N) is 1. The molecule has 1 aromatic carbocycles. The van der Waals surface area contributed by atoms with Crippen LogP contribution < -0.4 is 0 Å². The number of benzene rings is 1. The minimum Gasteiger partial charge on any atom is -0.326 e. The Morgan fingerprint density at radius 1 is 1.39 bits per heavy atom. The fourth-order valence-corrected chi connectivity index (χ4v) is 3.96. The van der Waals surface area contributed by atoms with Crippen molar-refractivity contribution in [1.82, 2.24) is 4.90 Å². The minimum absolute atomic E-state index is 0.116. The normalized spacial score (nSPS) is 23.4. The molecule has 1 aliphatic heterocycles. The summed E-state index contributed by atoms with van der Waals surface area (Å²) in [5.41, 5.74) is 1.07. The molecule has 96 valence electrons. The molecule has 1 unspecified atom stereocenters. The molecule has 18 heavy (non-hydrogen) atoms. The zero-order valence-corrected chi connectivity index (χ0v) is 11.7. The molecular formula is C14H16ClNOS. The fraction of sp³-hybridized carbons (Fsp3) is 0.500. The van der Waals surface area contributed by atoms with Crippen LogP contribution in [0.3, 0.4) is 0 Å². The van der Waals surface area contributed by atoms with Gasteiger partial charge in [-0.15, -0.1) is 11.8 Å². The molecule has 1 heterocycles. The summed E-state index contributed by atoms with van der Waals surface area (Å²) in [6, 6.07) is 7.85. The molecule has 1 amide bonds. The molecule has 1 saturated carbocycles. The fourth-order valence-electron chi connectivity index (χ4n) is 2.34. The Bertz CT molecular complexity index is 461. The summed E-state index contributed by atoms with van der Waals surface area (Å²) < 4.78 is 0. The molecule has 2 nitrogen and oxygen atoms in total. The van der Waals surface area contributed by atoms with Gasteiger partial charge in [0.05, 0.1) is 0 Å². The van der Waals surface area contributed by atoms with Gasteiger partial charge in [0.2, 0.25) is 5.91 Å². The zero-order chi connectivity index (χ0) is 12.5. The van der Waals surface area contributed by atoms with Crippen LogP contribution in [0.2, 0.25) is 5.02 Å². The van der Waals surface area contributed by atoms with Crippen molar-refractivity contribution >= 4 is 29.3 Å². The molecule has 0 radical (unpaired) electrons. The summed E-state index contributed by atoms with van der Waals surface area (Å²) in [5.74, 6) is 1.95. The van der Waals surface area contributed by atoms with Crippen molar-refractivity contribution in [3.63, 3.8) is 0 Å². The lowest BCUT2D eigenvalue weighted by atomic mass is 10.2. The Morgan fingerprint density at radius 3 is 2.89 bits per heavy atom. The van der Waals surface area contributed by atoms with Gasteiger partial charge < -0.3 is 4.90 Å². The van der Waals surface area contributed by atoms with Crippen molar-refractivity contribution in [3.05, 3.63) is 34.9 Å². The quantitative estimate of drug-likeness (QED) is 0.842. The van der Waals surface area contributed by atoms with E-state index in [1.165, 1.54) is 12.8 Å². The van der Waals surface area contributed by atoms with Crippen molar-refractivity contribution in [2.75, 3.05) is 12.3 Å². The van der Waals surface area contributed by atoms with Crippen molar-refractivity contribution in [2.24, 2.45) is 5.92 Å². The van der Waals surface area contributed by atoms with Crippen LogP contribution in [0.1, 0.15) is 30.2 Å². The van der Waals surface area contributed by atoms with E-state index in [0.29, 0.717) is 11.8 Å². The zero-order valence-electron chi connectivity index (χ0n) is 10.1. The Labute approximate surface area is 117 Å². The van der Waals surface area contributed by atoms with Crippen LogP contribution in [0.5, 0.6) is 0 Å². The van der Waals surface area contributed by atoms with Gasteiger partial charge in [0.15, 0.2) is 0 Å². The largest absolute Gasteiger partial charge is 0.326 e. The monoisotopic (exact) mass is 281 g/mol. The van der Waals surface area contributed by atoms with Crippen LogP contribution in [0.15, 0.2) is 24.3 Å². The first-order valence-electron chi connectivity index (χ1n) is 6.41. The van der Waals surface area contributed by atoms with Crippen molar-refractivity contribution < 1.29 is 4.79 Å². The molecule has 0 aromatic heterocycles. The van der Waals surface area contributed by atoms with Crippen LogP contribution in [-0.4, -0.2) is 23.1 Å². The number of hydrogen-bond donors (Lipinski definition) is 0. The first kappa shape index (κ1) is 12.4. The summed E-state index contributed by atoms with van der Waals surface area (Å²) in [6.45, 7) is 0.853. The van der Waals surface area contributed by atoms with E-state index in [1.807, 2.05) is 40.9 Å². The first-order chi connectivity index (χ1) is 8.75. The smallest absolute Gasteiger partial charge is 0.224 e. The Balaban J connectivity index is 1.78. The van der Waals surface area contributed by atoms with E-state index in [1.54, 1.807) is 0 Å². The van der Waals surface area contributed by atoms with Gasteiger partial charge in [-0.1, -0.05) is 29.8 Å². The van der Waals surface area contributed by atoms with Crippen LogP contribution in [0, 0.1) is 5.92 Å². The SMILES string of the molecule is O=C(CC1CC1)N1CCSC1c1ccccc1Cl. The van der Waals surface area contributed by atoms with Crippen molar-refractivity contribution in [1.29, 1.82) is 0 Å². The number of hydrogen-bond acceptors (Lipinski definition) is 2. The molecule has 0 spiro atoms. The molecule has 3 rings (SSSR count). The van der Waals surface area contributed by atoms with Gasteiger partial charge in [0.25, 0.3) is 0 Å². The number of amides is 1.